The molecule has 7 heteroatoms. The van der Waals surface area contributed by atoms with E-state index in [2.05, 4.69) is 10.6 Å². The lowest BCUT2D eigenvalue weighted by atomic mass is 10.1. The van der Waals surface area contributed by atoms with Crippen molar-refractivity contribution < 1.29 is 19.1 Å². The van der Waals surface area contributed by atoms with E-state index in [1.807, 2.05) is 18.2 Å². The number of carbonyl (C=O) groups excluding carboxylic acids is 2. The van der Waals surface area contributed by atoms with Gasteiger partial charge in [-0.05, 0) is 55.0 Å². The van der Waals surface area contributed by atoms with E-state index in [0.717, 1.165) is 16.9 Å². The van der Waals surface area contributed by atoms with E-state index in [9.17, 15) is 9.59 Å². The molecule has 2 N–H and O–H groups in total. The first-order chi connectivity index (χ1) is 13.5. The Labute approximate surface area is 166 Å². The van der Waals surface area contributed by atoms with E-state index < -0.39 is 6.10 Å². The van der Waals surface area contributed by atoms with Crippen molar-refractivity contribution in [1.29, 1.82) is 0 Å². The van der Waals surface area contributed by atoms with E-state index in [1.54, 1.807) is 37.3 Å². The van der Waals surface area contributed by atoms with Crippen LogP contribution in [-0.2, 0) is 9.59 Å². The topological polar surface area (TPSA) is 76.7 Å². The number of ether oxygens (including phenoxy) is 2. The molecule has 0 fully saturated rings. The van der Waals surface area contributed by atoms with E-state index in [4.69, 9.17) is 21.1 Å². The number of nitrogens with one attached hydrogen (secondary N) is 2. The molecule has 0 saturated carbocycles. The Morgan fingerprint density at radius 2 is 2.07 bits per heavy atom. The van der Waals surface area contributed by atoms with Crippen LogP contribution in [0.5, 0.6) is 11.5 Å². The molecule has 0 spiro atoms. The maximum atomic E-state index is 12.2. The lowest BCUT2D eigenvalue weighted by molar-refractivity contribution is -0.122. The van der Waals surface area contributed by atoms with Crippen LogP contribution in [0, 0.1) is 0 Å². The summed E-state index contributed by atoms with van der Waals surface area (Å²) < 4.78 is 11.2. The largest absolute Gasteiger partial charge is 0.488 e. The summed E-state index contributed by atoms with van der Waals surface area (Å²) >= 11 is 6.01. The number of fused-ring (bicyclic) bond motifs is 2. The molecule has 1 unspecified atom stereocenters. The highest BCUT2D eigenvalue weighted by atomic mass is 35.5. The predicted octanol–water partition coefficient (Wildman–Crippen LogP) is 4.03. The first-order valence-electron chi connectivity index (χ1n) is 8.71. The van der Waals surface area contributed by atoms with E-state index >= 15 is 0 Å². The molecule has 2 aromatic carbocycles. The van der Waals surface area contributed by atoms with Gasteiger partial charge in [-0.3, -0.25) is 9.59 Å². The zero-order valence-electron chi connectivity index (χ0n) is 15.0. The molecule has 28 heavy (non-hydrogen) atoms. The molecule has 1 atom stereocenters. The van der Waals surface area contributed by atoms with Gasteiger partial charge in [0.15, 0.2) is 6.10 Å². The van der Waals surface area contributed by atoms with Gasteiger partial charge in [0.05, 0.1) is 5.69 Å². The highest BCUT2D eigenvalue weighted by molar-refractivity contribution is 6.30. The van der Waals surface area contributed by atoms with Crippen LogP contribution in [0.1, 0.15) is 12.5 Å². The monoisotopic (exact) mass is 396 g/mol. The normalized spacial score (nSPS) is 17.6. The minimum absolute atomic E-state index is 0.222. The summed E-state index contributed by atoms with van der Waals surface area (Å²) in [5, 5.41) is 6.14. The summed E-state index contributed by atoms with van der Waals surface area (Å²) in [6, 6.07) is 10.5. The Morgan fingerprint density at radius 3 is 2.93 bits per heavy atom. The second kappa shape index (κ2) is 7.40. The lowest BCUT2D eigenvalue weighted by Gasteiger charge is -2.23. The van der Waals surface area contributed by atoms with Gasteiger partial charge in [0.1, 0.15) is 18.1 Å². The summed E-state index contributed by atoms with van der Waals surface area (Å²) in [5.74, 6) is 0.816. The third-order valence-electron chi connectivity index (χ3n) is 4.33. The van der Waals surface area contributed by atoms with Gasteiger partial charge in [0, 0.05) is 22.3 Å². The number of halogens is 1. The number of benzene rings is 2. The summed E-state index contributed by atoms with van der Waals surface area (Å²) in [6.07, 6.45) is 4.52. The maximum absolute atomic E-state index is 12.2. The summed E-state index contributed by atoms with van der Waals surface area (Å²) in [6.45, 7) is 2.05. The molecule has 2 amide bonds. The third-order valence-corrected chi connectivity index (χ3v) is 4.57. The molecular weight excluding hydrogens is 380 g/mol. The van der Waals surface area contributed by atoms with Crippen LogP contribution in [-0.4, -0.2) is 24.5 Å². The second-order valence-electron chi connectivity index (χ2n) is 6.47. The van der Waals surface area contributed by atoms with Crippen molar-refractivity contribution >= 4 is 40.9 Å². The molecule has 0 saturated heterocycles. The van der Waals surface area contributed by atoms with E-state index in [1.165, 1.54) is 6.08 Å². The zero-order valence-corrected chi connectivity index (χ0v) is 15.7. The predicted molar refractivity (Wildman–Crippen MR) is 108 cm³/mol. The molecule has 6 nitrogen and oxygen atoms in total. The molecule has 0 radical (unpaired) electrons. The Bertz CT molecular complexity index is 1030. The molecule has 142 valence electrons. The van der Waals surface area contributed by atoms with Crippen molar-refractivity contribution in [3.63, 3.8) is 0 Å². The summed E-state index contributed by atoms with van der Waals surface area (Å²) in [7, 11) is 0. The van der Waals surface area contributed by atoms with Crippen LogP contribution < -0.4 is 20.1 Å². The lowest BCUT2D eigenvalue weighted by Crippen LogP contribution is -2.34. The minimum atomic E-state index is -0.540. The Morgan fingerprint density at radius 1 is 1.25 bits per heavy atom. The quantitative estimate of drug-likeness (QED) is 0.768. The van der Waals surface area contributed by atoms with Gasteiger partial charge in [-0.1, -0.05) is 17.7 Å². The molecule has 2 aromatic rings. The van der Waals surface area contributed by atoms with Gasteiger partial charge in [-0.25, -0.2) is 0 Å². The summed E-state index contributed by atoms with van der Waals surface area (Å²) in [4.78, 5) is 23.9. The number of hydrogen-bond donors (Lipinski definition) is 2. The van der Waals surface area contributed by atoms with E-state index in [0.29, 0.717) is 28.8 Å². The smallest absolute Gasteiger partial charge is 0.265 e. The number of carbonyl (C=O) groups is 2. The Kier molecular flexibility index (Phi) is 4.79. The Balaban J connectivity index is 1.44. The standard InChI is InChI=1S/C21H17ClN2O4/c1-12-21(26)24-17-10-16(4-6-19(17)28-12)23-20(25)7-2-13-8-14-9-15(22)3-5-18(14)27-11-13/h2-10,12H,11H2,1H3,(H,23,25)(H,24,26)/b7-2+. The molecule has 4 rings (SSSR count). The first kappa shape index (κ1) is 18.1. The van der Waals surface area contributed by atoms with Crippen LogP contribution in [0.15, 0.2) is 54.1 Å². The number of hydrogen-bond acceptors (Lipinski definition) is 4. The average molecular weight is 397 g/mol. The van der Waals surface area contributed by atoms with Crippen LogP contribution in [0.25, 0.3) is 6.08 Å². The van der Waals surface area contributed by atoms with Crippen molar-refractivity contribution in [2.24, 2.45) is 0 Å². The number of amides is 2. The van der Waals surface area contributed by atoms with Gasteiger partial charge in [0.25, 0.3) is 5.91 Å². The fraction of sp³-hybridized carbons (Fsp3) is 0.143. The van der Waals surface area contributed by atoms with Gasteiger partial charge in [-0.15, -0.1) is 0 Å². The van der Waals surface area contributed by atoms with Gasteiger partial charge < -0.3 is 20.1 Å². The summed E-state index contributed by atoms with van der Waals surface area (Å²) in [5.41, 5.74) is 2.81. The van der Waals surface area contributed by atoms with Crippen molar-refractivity contribution in [1.82, 2.24) is 0 Å². The molecule has 2 aliphatic heterocycles. The maximum Gasteiger partial charge on any atom is 0.265 e. The van der Waals surface area contributed by atoms with Crippen molar-refractivity contribution in [2.75, 3.05) is 17.2 Å². The van der Waals surface area contributed by atoms with E-state index in [-0.39, 0.29) is 11.8 Å². The highest BCUT2D eigenvalue weighted by Gasteiger charge is 2.23. The SMILES string of the molecule is CC1Oc2ccc(NC(=O)/C=C/C3=Cc4cc(Cl)ccc4OC3)cc2NC1=O. The van der Waals surface area contributed by atoms with Gasteiger partial charge in [-0.2, -0.15) is 0 Å². The minimum Gasteiger partial charge on any atom is -0.488 e. The van der Waals surface area contributed by atoms with Gasteiger partial charge >= 0.3 is 0 Å². The van der Waals surface area contributed by atoms with Gasteiger partial charge in [0.2, 0.25) is 5.91 Å². The van der Waals surface area contributed by atoms with Crippen LogP contribution in [0.3, 0.4) is 0 Å². The molecular formula is C21H17ClN2O4. The third kappa shape index (κ3) is 3.87. The molecule has 2 aliphatic rings. The molecule has 0 aromatic heterocycles. The van der Waals surface area contributed by atoms with Crippen molar-refractivity contribution in [3.8, 4) is 11.5 Å². The number of rotatable bonds is 3. The molecule has 2 heterocycles. The fourth-order valence-electron chi connectivity index (χ4n) is 2.92. The zero-order chi connectivity index (χ0) is 19.7. The van der Waals surface area contributed by atoms with Crippen LogP contribution >= 0.6 is 11.6 Å². The average Bonchev–Trinajstić information content (AvgIpc) is 2.67. The number of anilines is 2. The van der Waals surface area contributed by atoms with Crippen LogP contribution in [0.4, 0.5) is 11.4 Å². The second-order valence-corrected chi connectivity index (χ2v) is 6.91. The fourth-order valence-corrected chi connectivity index (χ4v) is 3.10. The van der Waals surface area contributed by atoms with Crippen LogP contribution in [0.2, 0.25) is 5.02 Å². The Hall–Kier alpha value is -3.25. The van der Waals surface area contributed by atoms with Crippen molar-refractivity contribution in [3.05, 3.63) is 64.7 Å². The first-order valence-corrected chi connectivity index (χ1v) is 9.09. The highest BCUT2D eigenvalue weighted by Crippen LogP contribution is 2.32. The van der Waals surface area contributed by atoms with Crippen molar-refractivity contribution in [2.45, 2.75) is 13.0 Å². The molecule has 0 bridgehead atoms. The molecule has 0 aliphatic carbocycles.